The fourth-order valence-electron chi connectivity index (χ4n) is 2.87. The van der Waals surface area contributed by atoms with Gasteiger partial charge in [0.25, 0.3) is 5.91 Å². The average molecular weight is 371 g/mol. The molecule has 1 N–H and O–H groups in total. The van der Waals surface area contributed by atoms with Crippen molar-refractivity contribution in [3.05, 3.63) is 41.2 Å². The molecule has 3 rings (SSSR count). The van der Waals surface area contributed by atoms with Gasteiger partial charge in [-0.1, -0.05) is 11.2 Å². The van der Waals surface area contributed by atoms with Crippen molar-refractivity contribution in [2.75, 3.05) is 23.4 Å². The third kappa shape index (κ3) is 4.33. The van der Waals surface area contributed by atoms with Crippen LogP contribution < -0.4 is 10.2 Å². The summed E-state index contributed by atoms with van der Waals surface area (Å²) in [6.07, 6.45) is 0.0653. The molecule has 1 aliphatic rings. The van der Waals surface area contributed by atoms with Gasteiger partial charge in [-0.15, -0.1) is 0 Å². The van der Waals surface area contributed by atoms with Crippen LogP contribution in [0.4, 0.5) is 11.5 Å². The second-order valence-electron chi connectivity index (χ2n) is 6.65. The van der Waals surface area contributed by atoms with Gasteiger partial charge in [-0.2, -0.15) is 0 Å². The van der Waals surface area contributed by atoms with E-state index in [0.717, 1.165) is 16.8 Å². The van der Waals surface area contributed by atoms with Crippen molar-refractivity contribution in [3.8, 4) is 0 Å². The Morgan fingerprint density at radius 1 is 1.26 bits per heavy atom. The molecule has 0 bridgehead atoms. The maximum absolute atomic E-state index is 12.3. The van der Waals surface area contributed by atoms with E-state index in [1.54, 1.807) is 17.9 Å². The van der Waals surface area contributed by atoms with Crippen LogP contribution in [0.25, 0.3) is 0 Å². The van der Waals surface area contributed by atoms with Gasteiger partial charge >= 0.3 is 5.97 Å². The first kappa shape index (κ1) is 18.6. The van der Waals surface area contributed by atoms with Gasteiger partial charge in [0.15, 0.2) is 12.4 Å². The Morgan fingerprint density at radius 2 is 2.04 bits per heavy atom. The quantitative estimate of drug-likeness (QED) is 0.808. The minimum absolute atomic E-state index is 0.0653. The topological polar surface area (TPSA) is 102 Å². The van der Waals surface area contributed by atoms with Crippen LogP contribution in [0.2, 0.25) is 0 Å². The first-order valence-electron chi connectivity index (χ1n) is 8.61. The van der Waals surface area contributed by atoms with Gasteiger partial charge in [0, 0.05) is 24.7 Å². The van der Waals surface area contributed by atoms with Crippen LogP contribution in [0.1, 0.15) is 23.3 Å². The molecule has 142 valence electrons. The number of aromatic nitrogens is 1. The summed E-state index contributed by atoms with van der Waals surface area (Å²) in [5, 5.41) is 6.09. The van der Waals surface area contributed by atoms with E-state index in [1.807, 2.05) is 32.0 Å². The lowest BCUT2D eigenvalue weighted by Gasteiger charge is -2.17. The number of nitrogens with one attached hydrogen (secondary N) is 1. The molecular formula is C19H21N3O5. The van der Waals surface area contributed by atoms with E-state index in [1.165, 1.54) is 0 Å². The van der Waals surface area contributed by atoms with Gasteiger partial charge in [0.05, 0.1) is 5.92 Å². The number of anilines is 2. The van der Waals surface area contributed by atoms with Gasteiger partial charge in [-0.05, 0) is 44.0 Å². The highest BCUT2D eigenvalue weighted by Gasteiger charge is 2.36. The SMILES string of the molecule is Cc1cc(NC(=O)COC(=O)[C@@H]2CC(=O)N(c3ccc(C)c(C)c3)C2)no1. The fraction of sp³-hybridized carbons (Fsp3) is 0.368. The number of nitrogens with zero attached hydrogens (tertiary/aromatic N) is 2. The average Bonchev–Trinajstić information content (AvgIpc) is 3.21. The number of aryl methyl sites for hydroxylation is 3. The predicted octanol–water partition coefficient (Wildman–Crippen LogP) is 2.13. The van der Waals surface area contributed by atoms with Crippen LogP contribution in [-0.4, -0.2) is 36.1 Å². The molecule has 0 radical (unpaired) electrons. The Labute approximate surface area is 156 Å². The lowest BCUT2D eigenvalue weighted by atomic mass is 10.1. The van der Waals surface area contributed by atoms with Crippen LogP contribution in [0.3, 0.4) is 0 Å². The Morgan fingerprint density at radius 3 is 2.70 bits per heavy atom. The number of amides is 2. The number of carbonyl (C=O) groups excluding carboxylic acids is 3. The van der Waals surface area contributed by atoms with E-state index in [9.17, 15) is 14.4 Å². The Bertz CT molecular complexity index is 889. The molecule has 8 heteroatoms. The Balaban J connectivity index is 1.54. The highest BCUT2D eigenvalue weighted by atomic mass is 16.5. The molecule has 2 heterocycles. The zero-order chi connectivity index (χ0) is 19.6. The highest BCUT2D eigenvalue weighted by Crippen LogP contribution is 2.27. The van der Waals surface area contributed by atoms with Crippen molar-refractivity contribution in [1.29, 1.82) is 0 Å². The van der Waals surface area contributed by atoms with Crippen molar-refractivity contribution in [3.63, 3.8) is 0 Å². The monoisotopic (exact) mass is 371 g/mol. The fourth-order valence-corrected chi connectivity index (χ4v) is 2.87. The zero-order valence-corrected chi connectivity index (χ0v) is 15.4. The molecular weight excluding hydrogens is 350 g/mol. The first-order chi connectivity index (χ1) is 12.8. The van der Waals surface area contributed by atoms with Crippen LogP contribution in [0.15, 0.2) is 28.8 Å². The minimum atomic E-state index is -0.596. The van der Waals surface area contributed by atoms with Gasteiger partial charge in [0.2, 0.25) is 5.91 Å². The molecule has 1 fully saturated rings. The van der Waals surface area contributed by atoms with E-state index in [4.69, 9.17) is 9.26 Å². The van der Waals surface area contributed by atoms with Crippen LogP contribution in [-0.2, 0) is 19.1 Å². The van der Waals surface area contributed by atoms with Crippen LogP contribution >= 0.6 is 0 Å². The maximum atomic E-state index is 12.3. The van der Waals surface area contributed by atoms with E-state index >= 15 is 0 Å². The second kappa shape index (κ2) is 7.61. The third-order valence-corrected chi connectivity index (χ3v) is 4.50. The standard InChI is InChI=1S/C19H21N3O5/c1-11-4-5-15(6-12(11)2)22-9-14(8-18(22)24)19(25)26-10-17(23)20-16-7-13(3)27-21-16/h4-7,14H,8-10H2,1-3H3,(H,20,21,23)/t14-/m1/s1. The lowest BCUT2D eigenvalue weighted by molar-refractivity contribution is -0.151. The molecule has 8 nitrogen and oxygen atoms in total. The largest absolute Gasteiger partial charge is 0.455 e. The van der Waals surface area contributed by atoms with Crippen LogP contribution in [0.5, 0.6) is 0 Å². The number of ether oxygens (including phenoxy) is 1. The molecule has 27 heavy (non-hydrogen) atoms. The van der Waals surface area contributed by atoms with Gasteiger partial charge < -0.3 is 19.5 Å². The molecule has 1 aliphatic heterocycles. The van der Waals surface area contributed by atoms with E-state index in [-0.39, 0.29) is 24.7 Å². The number of rotatable bonds is 5. The molecule has 0 spiro atoms. The Kier molecular flexibility index (Phi) is 5.25. The smallest absolute Gasteiger partial charge is 0.311 e. The predicted molar refractivity (Wildman–Crippen MR) is 97.2 cm³/mol. The van der Waals surface area contributed by atoms with Gasteiger partial charge in [0.1, 0.15) is 5.76 Å². The molecule has 0 aliphatic carbocycles. The summed E-state index contributed by atoms with van der Waals surface area (Å²) in [7, 11) is 0. The van der Waals surface area contributed by atoms with Crippen molar-refractivity contribution in [1.82, 2.24) is 5.16 Å². The van der Waals surface area contributed by atoms with E-state index in [2.05, 4.69) is 10.5 Å². The van der Waals surface area contributed by atoms with Crippen molar-refractivity contribution < 1.29 is 23.6 Å². The lowest BCUT2D eigenvalue weighted by Crippen LogP contribution is -2.28. The molecule has 2 aromatic rings. The molecule has 1 aromatic carbocycles. The number of carbonyl (C=O) groups is 3. The van der Waals surface area contributed by atoms with Gasteiger partial charge in [-0.3, -0.25) is 14.4 Å². The Hall–Kier alpha value is -3.16. The summed E-state index contributed by atoms with van der Waals surface area (Å²) in [6.45, 7) is 5.46. The molecule has 0 unspecified atom stereocenters. The van der Waals surface area contributed by atoms with E-state index in [0.29, 0.717) is 5.76 Å². The van der Waals surface area contributed by atoms with Crippen molar-refractivity contribution in [2.24, 2.45) is 5.92 Å². The zero-order valence-electron chi connectivity index (χ0n) is 15.4. The first-order valence-corrected chi connectivity index (χ1v) is 8.61. The summed E-state index contributed by atoms with van der Waals surface area (Å²) in [4.78, 5) is 37.9. The molecule has 1 atom stereocenters. The van der Waals surface area contributed by atoms with Gasteiger partial charge in [-0.25, -0.2) is 0 Å². The van der Waals surface area contributed by atoms with E-state index < -0.39 is 24.4 Å². The van der Waals surface area contributed by atoms with Crippen molar-refractivity contribution >= 4 is 29.3 Å². The number of hydrogen-bond donors (Lipinski definition) is 1. The number of benzene rings is 1. The number of esters is 1. The molecule has 1 saturated heterocycles. The molecule has 0 saturated carbocycles. The minimum Gasteiger partial charge on any atom is -0.455 e. The normalized spacial score (nSPS) is 16.5. The highest BCUT2D eigenvalue weighted by molar-refractivity contribution is 6.00. The third-order valence-electron chi connectivity index (χ3n) is 4.50. The molecule has 1 aromatic heterocycles. The summed E-state index contributed by atoms with van der Waals surface area (Å²) in [5.74, 6) is -1.01. The summed E-state index contributed by atoms with van der Waals surface area (Å²) in [5.41, 5.74) is 2.97. The molecule has 2 amide bonds. The van der Waals surface area contributed by atoms with Crippen molar-refractivity contribution in [2.45, 2.75) is 27.2 Å². The second-order valence-corrected chi connectivity index (χ2v) is 6.65. The van der Waals surface area contributed by atoms with Crippen LogP contribution in [0, 0.1) is 26.7 Å². The summed E-state index contributed by atoms with van der Waals surface area (Å²) >= 11 is 0. The maximum Gasteiger partial charge on any atom is 0.311 e. The summed E-state index contributed by atoms with van der Waals surface area (Å²) < 4.78 is 9.89. The summed E-state index contributed by atoms with van der Waals surface area (Å²) in [6, 6.07) is 7.28. The number of hydrogen-bond acceptors (Lipinski definition) is 6.